The molecule has 2 heterocycles. The van der Waals surface area contributed by atoms with E-state index < -0.39 is 0 Å². The van der Waals surface area contributed by atoms with Crippen molar-refractivity contribution in [1.82, 2.24) is 9.71 Å². The van der Waals surface area contributed by atoms with E-state index in [9.17, 15) is 0 Å². The monoisotopic (exact) mass is 201 g/mol. The zero-order valence-electron chi connectivity index (χ0n) is 7.27. The van der Waals surface area contributed by atoms with Crippen molar-refractivity contribution in [3.8, 4) is 0 Å². The lowest BCUT2D eigenvalue weighted by Crippen LogP contribution is -2.02. The highest BCUT2D eigenvalue weighted by molar-refractivity contribution is 7.98. The molecule has 0 spiro atoms. The Morgan fingerprint density at radius 3 is 3.21 bits per heavy atom. The normalized spacial score (nSPS) is 13.7. The minimum atomic E-state index is 0.965. The maximum Gasteiger partial charge on any atom is 0.106 e. The Labute approximate surface area is 85.4 Å². The number of hydrogen-bond donors (Lipinski definition) is 1. The third-order valence-corrected chi connectivity index (χ3v) is 2.90. The molecule has 1 N–H and O–H groups in total. The Kier molecular flexibility index (Phi) is 1.67. The van der Waals surface area contributed by atoms with Gasteiger partial charge in [-0.15, -0.1) is 0 Å². The van der Waals surface area contributed by atoms with Crippen LogP contribution in [0.2, 0.25) is 0 Å². The summed E-state index contributed by atoms with van der Waals surface area (Å²) in [7, 11) is 0. The standard InChI is InChI=1S/C10H7N3S/c1-2-7-3-4-8-10(9(7)11-5-1)12-6-13-14-8/h1-6H,(H,12,13). The van der Waals surface area contributed by atoms with Crippen LogP contribution in [0.3, 0.4) is 0 Å². The molecule has 3 rings (SSSR count). The smallest absolute Gasteiger partial charge is 0.106 e. The number of hydrogen-bond acceptors (Lipinski definition) is 4. The zero-order chi connectivity index (χ0) is 9.38. The molecule has 68 valence electrons. The first kappa shape index (κ1) is 7.82. The van der Waals surface area contributed by atoms with Gasteiger partial charge in [0.1, 0.15) is 5.69 Å². The van der Waals surface area contributed by atoms with E-state index in [1.165, 1.54) is 0 Å². The van der Waals surface area contributed by atoms with Crippen LogP contribution in [0.15, 0.2) is 40.4 Å². The topological polar surface area (TPSA) is 37.3 Å². The van der Waals surface area contributed by atoms with Gasteiger partial charge in [-0.3, -0.25) is 4.98 Å². The average molecular weight is 201 g/mol. The maximum absolute atomic E-state index is 4.34. The van der Waals surface area contributed by atoms with Crippen molar-refractivity contribution < 1.29 is 0 Å². The molecule has 0 amide bonds. The van der Waals surface area contributed by atoms with E-state index in [2.05, 4.69) is 26.8 Å². The summed E-state index contributed by atoms with van der Waals surface area (Å²) in [5.41, 5.74) is 1.93. The molecule has 3 nitrogen and oxygen atoms in total. The van der Waals surface area contributed by atoms with E-state index in [4.69, 9.17) is 0 Å². The maximum atomic E-state index is 4.34. The summed E-state index contributed by atoms with van der Waals surface area (Å²) >= 11 is 1.56. The Balaban J connectivity index is 2.42. The number of rotatable bonds is 0. The molecule has 0 unspecified atom stereocenters. The van der Waals surface area contributed by atoms with E-state index in [1.54, 1.807) is 24.5 Å². The fourth-order valence-electron chi connectivity index (χ4n) is 1.50. The Morgan fingerprint density at radius 2 is 2.21 bits per heavy atom. The number of nitrogens with zero attached hydrogens (tertiary/aromatic N) is 2. The number of nitrogens with one attached hydrogen (secondary N) is 1. The van der Waals surface area contributed by atoms with Gasteiger partial charge in [-0.1, -0.05) is 12.1 Å². The highest BCUT2D eigenvalue weighted by atomic mass is 32.2. The summed E-state index contributed by atoms with van der Waals surface area (Å²) in [6, 6.07) is 8.11. The largest absolute Gasteiger partial charge is 0.316 e. The predicted octanol–water partition coefficient (Wildman–Crippen LogP) is 2.50. The molecule has 0 saturated carbocycles. The molecule has 1 aromatic carbocycles. The summed E-state index contributed by atoms with van der Waals surface area (Å²) in [6.45, 7) is 0. The van der Waals surface area contributed by atoms with Crippen LogP contribution in [0.1, 0.15) is 0 Å². The molecule has 0 atom stereocenters. The van der Waals surface area contributed by atoms with Crippen molar-refractivity contribution in [2.45, 2.75) is 4.90 Å². The van der Waals surface area contributed by atoms with Crippen molar-refractivity contribution in [3.05, 3.63) is 30.5 Å². The van der Waals surface area contributed by atoms with Crippen molar-refractivity contribution in [2.75, 3.05) is 0 Å². The minimum Gasteiger partial charge on any atom is -0.316 e. The van der Waals surface area contributed by atoms with Gasteiger partial charge in [0.2, 0.25) is 0 Å². The van der Waals surface area contributed by atoms with E-state index in [0.29, 0.717) is 0 Å². The van der Waals surface area contributed by atoms with Gasteiger partial charge in [0, 0.05) is 11.6 Å². The van der Waals surface area contributed by atoms with Gasteiger partial charge in [-0.25, -0.2) is 4.99 Å². The van der Waals surface area contributed by atoms with Crippen LogP contribution in [0.5, 0.6) is 0 Å². The molecule has 0 aliphatic carbocycles. The third kappa shape index (κ3) is 1.08. The molecule has 0 bridgehead atoms. The Hall–Kier alpha value is -1.55. The van der Waals surface area contributed by atoms with E-state index in [-0.39, 0.29) is 0 Å². The van der Waals surface area contributed by atoms with Crippen molar-refractivity contribution >= 4 is 34.9 Å². The van der Waals surface area contributed by atoms with Crippen molar-refractivity contribution in [2.24, 2.45) is 4.99 Å². The SMILES string of the molecule is C1=Nc2c(ccc3cccnc23)SN1. The lowest BCUT2D eigenvalue weighted by molar-refractivity contribution is 1.30. The third-order valence-electron chi connectivity index (χ3n) is 2.13. The summed E-state index contributed by atoms with van der Waals surface area (Å²) in [5, 5.41) is 1.13. The number of aliphatic imine (C=N–C) groups is 1. The van der Waals surface area contributed by atoms with Crippen molar-refractivity contribution in [1.29, 1.82) is 0 Å². The van der Waals surface area contributed by atoms with Gasteiger partial charge in [0.15, 0.2) is 0 Å². The van der Waals surface area contributed by atoms with Crippen LogP contribution in [-0.4, -0.2) is 11.3 Å². The fourth-order valence-corrected chi connectivity index (χ4v) is 2.11. The lowest BCUT2D eigenvalue weighted by atomic mass is 10.2. The number of pyridine rings is 1. The van der Waals surface area contributed by atoms with Crippen LogP contribution >= 0.6 is 11.9 Å². The zero-order valence-corrected chi connectivity index (χ0v) is 8.08. The van der Waals surface area contributed by atoms with Gasteiger partial charge in [0.05, 0.1) is 16.8 Å². The first-order valence-electron chi connectivity index (χ1n) is 4.28. The van der Waals surface area contributed by atoms with Gasteiger partial charge in [0.25, 0.3) is 0 Å². The summed E-state index contributed by atoms with van der Waals surface area (Å²) in [5.74, 6) is 0. The molecule has 0 fully saturated rings. The highest BCUT2D eigenvalue weighted by Gasteiger charge is 2.10. The Morgan fingerprint density at radius 1 is 1.21 bits per heavy atom. The minimum absolute atomic E-state index is 0.965. The number of aromatic nitrogens is 1. The summed E-state index contributed by atoms with van der Waals surface area (Å²) in [4.78, 5) is 9.77. The van der Waals surface area contributed by atoms with Crippen LogP contribution in [0.25, 0.3) is 10.9 Å². The number of benzene rings is 1. The highest BCUT2D eigenvalue weighted by Crippen LogP contribution is 2.35. The predicted molar refractivity (Wildman–Crippen MR) is 58.9 cm³/mol. The number of fused-ring (bicyclic) bond motifs is 3. The van der Waals surface area contributed by atoms with E-state index in [1.807, 2.05) is 12.1 Å². The van der Waals surface area contributed by atoms with E-state index in [0.717, 1.165) is 21.5 Å². The molecule has 14 heavy (non-hydrogen) atoms. The quantitative estimate of drug-likeness (QED) is 0.665. The Bertz CT molecular complexity index is 522. The molecule has 1 aliphatic heterocycles. The second kappa shape index (κ2) is 2.99. The molecule has 2 aromatic rings. The average Bonchev–Trinajstić information content (AvgIpc) is 2.29. The van der Waals surface area contributed by atoms with Crippen LogP contribution in [-0.2, 0) is 0 Å². The van der Waals surface area contributed by atoms with E-state index >= 15 is 0 Å². The molecule has 4 heteroatoms. The molecule has 0 saturated heterocycles. The summed E-state index contributed by atoms with van der Waals surface area (Å²) < 4.78 is 3.00. The van der Waals surface area contributed by atoms with Crippen molar-refractivity contribution in [3.63, 3.8) is 0 Å². The first-order valence-corrected chi connectivity index (χ1v) is 5.09. The second-order valence-electron chi connectivity index (χ2n) is 2.97. The molecular weight excluding hydrogens is 194 g/mol. The first-order chi connectivity index (χ1) is 6.95. The summed E-state index contributed by atoms with van der Waals surface area (Å²) in [6.07, 6.45) is 3.49. The molecule has 1 aromatic heterocycles. The fraction of sp³-hybridized carbons (Fsp3) is 0. The van der Waals surface area contributed by atoms with Crippen LogP contribution in [0.4, 0.5) is 5.69 Å². The van der Waals surface area contributed by atoms with Gasteiger partial charge in [-0.2, -0.15) is 0 Å². The molecular formula is C10H7N3S. The lowest BCUT2D eigenvalue weighted by Gasteiger charge is -2.11. The van der Waals surface area contributed by atoms with Gasteiger partial charge < -0.3 is 4.72 Å². The van der Waals surface area contributed by atoms with Gasteiger partial charge in [-0.05, 0) is 24.1 Å². The van der Waals surface area contributed by atoms with Gasteiger partial charge >= 0.3 is 0 Å². The van der Waals surface area contributed by atoms with Crippen LogP contribution in [0, 0.1) is 0 Å². The van der Waals surface area contributed by atoms with Crippen LogP contribution < -0.4 is 4.72 Å². The second-order valence-corrected chi connectivity index (χ2v) is 3.85. The molecule has 1 aliphatic rings. The molecule has 0 radical (unpaired) electrons.